The van der Waals surface area contributed by atoms with E-state index in [0.717, 1.165) is 12.8 Å². The van der Waals surface area contributed by atoms with Crippen molar-refractivity contribution < 1.29 is 5.21 Å². The van der Waals surface area contributed by atoms with Crippen LogP contribution in [0.3, 0.4) is 0 Å². The number of rotatable bonds is 4. The summed E-state index contributed by atoms with van der Waals surface area (Å²) in [5.41, 5.74) is 7.21. The van der Waals surface area contributed by atoms with Crippen LogP contribution in [0.15, 0.2) is 0 Å². The van der Waals surface area contributed by atoms with Gasteiger partial charge in [0.1, 0.15) is 0 Å². The van der Waals surface area contributed by atoms with Gasteiger partial charge in [0.2, 0.25) is 0 Å². The summed E-state index contributed by atoms with van der Waals surface area (Å²) in [7, 11) is 0. The van der Waals surface area contributed by atoms with Gasteiger partial charge in [0.05, 0.1) is 0 Å². The van der Waals surface area contributed by atoms with Crippen molar-refractivity contribution in [2.24, 2.45) is 5.73 Å². The maximum Gasteiger partial charge on any atom is 0.0207 e. The Balaban J connectivity index is -0.000000180. The fourth-order valence-electron chi connectivity index (χ4n) is 0.348. The number of hydrogen-bond acceptors (Lipinski definition) is 3. The normalized spacial score (nSPS) is 7.33. The lowest BCUT2D eigenvalue weighted by Gasteiger charge is -1.92. The van der Waals surface area contributed by atoms with Crippen LogP contribution in [0.25, 0.3) is 0 Å². The minimum absolute atomic E-state index is 0. The van der Waals surface area contributed by atoms with Crippen LogP contribution in [0.5, 0.6) is 0 Å². The molecule has 0 aromatic carbocycles. The molecule has 0 bridgehead atoms. The second-order valence-electron chi connectivity index (χ2n) is 1.40. The van der Waals surface area contributed by atoms with Crippen LogP contribution in [0, 0.1) is 0 Å². The molecule has 0 saturated carbocycles. The molecule has 0 fully saturated rings. The average Bonchev–Trinajstić information content (AvgIpc) is 1.69. The van der Waals surface area contributed by atoms with Crippen LogP contribution in [-0.2, 0) is 0 Å². The number of hydroxylamine groups is 1. The molecular formula is C4H14Cl2N2O. The Hall–Kier alpha value is 0.460. The molecule has 0 radical (unpaired) electrons. The topological polar surface area (TPSA) is 58.3 Å². The Morgan fingerprint density at radius 3 is 2.11 bits per heavy atom. The predicted octanol–water partition coefficient (Wildman–Crippen LogP) is 0.548. The number of nitrogens with one attached hydrogen (secondary N) is 1. The third-order valence-corrected chi connectivity index (χ3v) is 0.743. The summed E-state index contributed by atoms with van der Waals surface area (Å²) >= 11 is 0. The minimum Gasteiger partial charge on any atom is -0.330 e. The second-order valence-corrected chi connectivity index (χ2v) is 1.40. The summed E-state index contributed by atoms with van der Waals surface area (Å²) in [5, 5.41) is 8.00. The highest BCUT2D eigenvalue weighted by molar-refractivity contribution is 5.85. The van der Waals surface area contributed by atoms with Crippen molar-refractivity contribution in [1.82, 2.24) is 5.48 Å². The fourth-order valence-corrected chi connectivity index (χ4v) is 0.348. The van der Waals surface area contributed by atoms with E-state index in [1.165, 1.54) is 0 Å². The van der Waals surface area contributed by atoms with E-state index in [4.69, 9.17) is 10.9 Å². The largest absolute Gasteiger partial charge is 0.330 e. The molecule has 0 rings (SSSR count). The van der Waals surface area contributed by atoms with Crippen molar-refractivity contribution in [2.75, 3.05) is 13.1 Å². The monoisotopic (exact) mass is 176 g/mol. The van der Waals surface area contributed by atoms with Crippen LogP contribution < -0.4 is 11.2 Å². The molecule has 0 aliphatic heterocycles. The van der Waals surface area contributed by atoms with Gasteiger partial charge < -0.3 is 10.9 Å². The first-order chi connectivity index (χ1) is 3.41. The lowest BCUT2D eigenvalue weighted by molar-refractivity contribution is 0.165. The van der Waals surface area contributed by atoms with Gasteiger partial charge in [0.15, 0.2) is 0 Å². The van der Waals surface area contributed by atoms with Gasteiger partial charge in [-0.15, -0.1) is 24.8 Å². The molecule has 0 atom stereocenters. The molecule has 0 saturated heterocycles. The van der Waals surface area contributed by atoms with Gasteiger partial charge in [-0.25, -0.2) is 5.48 Å². The zero-order chi connectivity index (χ0) is 5.54. The molecule has 5 heteroatoms. The third-order valence-electron chi connectivity index (χ3n) is 0.743. The fraction of sp³-hybridized carbons (Fsp3) is 1.00. The maximum absolute atomic E-state index is 8.00. The Bertz CT molecular complexity index is 35.7. The smallest absolute Gasteiger partial charge is 0.0207 e. The van der Waals surface area contributed by atoms with Gasteiger partial charge in [-0.3, -0.25) is 0 Å². The van der Waals surface area contributed by atoms with Crippen molar-refractivity contribution in [2.45, 2.75) is 12.8 Å². The van der Waals surface area contributed by atoms with Crippen LogP contribution >= 0.6 is 24.8 Å². The van der Waals surface area contributed by atoms with Gasteiger partial charge in [0.25, 0.3) is 0 Å². The Morgan fingerprint density at radius 1 is 1.22 bits per heavy atom. The first kappa shape index (κ1) is 16.2. The summed E-state index contributed by atoms with van der Waals surface area (Å²) < 4.78 is 0. The van der Waals surface area contributed by atoms with Crippen molar-refractivity contribution in [1.29, 1.82) is 0 Å². The number of hydrogen-bond donors (Lipinski definition) is 3. The van der Waals surface area contributed by atoms with Crippen molar-refractivity contribution >= 4 is 24.8 Å². The molecule has 0 aromatic heterocycles. The van der Waals surface area contributed by atoms with Crippen LogP contribution in [-0.4, -0.2) is 18.3 Å². The Morgan fingerprint density at radius 2 is 1.78 bits per heavy atom. The van der Waals surface area contributed by atoms with Crippen molar-refractivity contribution in [3.05, 3.63) is 0 Å². The van der Waals surface area contributed by atoms with E-state index in [-0.39, 0.29) is 24.8 Å². The van der Waals surface area contributed by atoms with Crippen LogP contribution in [0.2, 0.25) is 0 Å². The molecule has 4 N–H and O–H groups in total. The van der Waals surface area contributed by atoms with E-state index in [9.17, 15) is 0 Å². The van der Waals surface area contributed by atoms with Crippen LogP contribution in [0.4, 0.5) is 0 Å². The molecule has 0 heterocycles. The van der Waals surface area contributed by atoms with E-state index < -0.39 is 0 Å². The summed E-state index contributed by atoms with van der Waals surface area (Å²) in [5.74, 6) is 0. The molecule has 9 heavy (non-hydrogen) atoms. The van der Waals surface area contributed by atoms with Gasteiger partial charge in [-0.05, 0) is 19.4 Å². The highest BCUT2D eigenvalue weighted by Gasteiger charge is 1.79. The molecule has 0 aliphatic carbocycles. The number of halogens is 2. The van der Waals surface area contributed by atoms with E-state index >= 15 is 0 Å². The average molecular weight is 177 g/mol. The minimum atomic E-state index is 0. The second kappa shape index (κ2) is 15.8. The SMILES string of the molecule is Cl.Cl.NCCCCNO. The zero-order valence-corrected chi connectivity index (χ0v) is 6.80. The summed E-state index contributed by atoms with van der Waals surface area (Å²) in [6, 6.07) is 0. The van der Waals surface area contributed by atoms with Gasteiger partial charge in [0, 0.05) is 6.54 Å². The predicted molar refractivity (Wildman–Crippen MR) is 42.6 cm³/mol. The van der Waals surface area contributed by atoms with Gasteiger partial charge in [-0.2, -0.15) is 0 Å². The standard InChI is InChI=1S/C4H12N2O.2ClH/c5-3-1-2-4-6-7;;/h6-7H,1-5H2;2*1H. The highest BCUT2D eigenvalue weighted by Crippen LogP contribution is 1.79. The van der Waals surface area contributed by atoms with E-state index in [1.807, 2.05) is 5.48 Å². The molecular weight excluding hydrogens is 163 g/mol. The molecule has 0 aromatic rings. The van der Waals surface area contributed by atoms with E-state index in [1.54, 1.807) is 0 Å². The maximum atomic E-state index is 8.00. The summed E-state index contributed by atoms with van der Waals surface area (Å²) in [6.07, 6.45) is 1.93. The van der Waals surface area contributed by atoms with Crippen molar-refractivity contribution in [3.63, 3.8) is 0 Å². The van der Waals surface area contributed by atoms with Gasteiger partial charge >= 0.3 is 0 Å². The first-order valence-corrected chi connectivity index (χ1v) is 2.49. The Kier molecular flexibility index (Phi) is 28.5. The summed E-state index contributed by atoms with van der Waals surface area (Å²) in [6.45, 7) is 1.36. The zero-order valence-electron chi connectivity index (χ0n) is 5.17. The van der Waals surface area contributed by atoms with Gasteiger partial charge in [-0.1, -0.05) is 0 Å². The van der Waals surface area contributed by atoms with Crippen molar-refractivity contribution in [3.8, 4) is 0 Å². The molecule has 0 aliphatic rings. The Labute approximate surface area is 67.8 Å². The third kappa shape index (κ3) is 17.7. The molecule has 0 amide bonds. The quantitative estimate of drug-likeness (QED) is 0.434. The number of nitrogens with two attached hydrogens (primary N) is 1. The van der Waals surface area contributed by atoms with Crippen LogP contribution in [0.1, 0.15) is 12.8 Å². The highest BCUT2D eigenvalue weighted by atomic mass is 35.5. The molecule has 3 nitrogen and oxygen atoms in total. The summed E-state index contributed by atoms with van der Waals surface area (Å²) in [4.78, 5) is 0. The lowest BCUT2D eigenvalue weighted by atomic mass is 10.3. The molecule has 0 unspecified atom stereocenters. The van der Waals surface area contributed by atoms with E-state index in [0.29, 0.717) is 13.1 Å². The molecule has 0 spiro atoms. The first-order valence-electron chi connectivity index (χ1n) is 2.49. The lowest BCUT2D eigenvalue weighted by Crippen LogP contribution is -2.10. The van der Waals surface area contributed by atoms with E-state index in [2.05, 4.69) is 0 Å². The molecule has 60 valence electrons. The number of unbranched alkanes of at least 4 members (excludes halogenated alkanes) is 1.